The van der Waals surface area contributed by atoms with Crippen molar-refractivity contribution in [2.24, 2.45) is 0 Å². The second-order valence-electron chi connectivity index (χ2n) is 7.04. The van der Waals surface area contributed by atoms with Gasteiger partial charge in [0.15, 0.2) is 0 Å². The highest BCUT2D eigenvalue weighted by Gasteiger charge is 2.15. The van der Waals surface area contributed by atoms with E-state index in [-0.39, 0.29) is 5.25 Å². The fourth-order valence-corrected chi connectivity index (χ4v) is 3.92. The van der Waals surface area contributed by atoms with Crippen LogP contribution in [-0.4, -0.2) is 16.3 Å². The van der Waals surface area contributed by atoms with E-state index in [9.17, 15) is 9.90 Å². The van der Waals surface area contributed by atoms with Crippen LogP contribution in [0.1, 0.15) is 35.8 Å². The van der Waals surface area contributed by atoms with E-state index in [1.54, 1.807) is 0 Å². The quantitative estimate of drug-likeness (QED) is 0.452. The Labute approximate surface area is 175 Å². The van der Waals surface area contributed by atoms with Crippen molar-refractivity contribution in [1.29, 1.82) is 0 Å². The zero-order valence-corrected chi connectivity index (χ0v) is 17.8. The monoisotopic (exact) mass is 410 g/mol. The second kappa shape index (κ2) is 9.70. The maximum absolute atomic E-state index is 11.2. The highest BCUT2D eigenvalue weighted by molar-refractivity contribution is 7.99. The van der Waals surface area contributed by atoms with Gasteiger partial charge in [-0.15, -0.1) is 11.8 Å². The molecule has 5 heteroatoms. The zero-order chi connectivity index (χ0) is 20.8. The number of aliphatic carboxylic acids is 1. The Balaban J connectivity index is 1.63. The van der Waals surface area contributed by atoms with Crippen molar-refractivity contribution in [2.75, 3.05) is 0 Å². The van der Waals surface area contributed by atoms with Gasteiger partial charge in [0.05, 0.1) is 0 Å². The maximum Gasteiger partial charge on any atom is 0.316 e. The van der Waals surface area contributed by atoms with E-state index in [0.717, 1.165) is 34.0 Å². The predicted octanol–water partition coefficient (Wildman–Crippen LogP) is 6.24. The molecule has 1 unspecified atom stereocenters. The Morgan fingerprint density at radius 2 is 1.90 bits per heavy atom. The predicted molar refractivity (Wildman–Crippen MR) is 117 cm³/mol. The topological polar surface area (TPSA) is 59.7 Å². The highest BCUT2D eigenvalue weighted by atomic mass is 32.2. The SMILES string of the molecule is CCC(SCc1cccc(OCc2cc(-c3ccc(C)cc3)oc2C)c1)C(=O)O. The summed E-state index contributed by atoms with van der Waals surface area (Å²) in [5.41, 5.74) is 4.33. The van der Waals surface area contributed by atoms with Crippen LogP contribution in [0.5, 0.6) is 5.75 Å². The average Bonchev–Trinajstić information content (AvgIpc) is 3.08. The number of hydrogen-bond acceptors (Lipinski definition) is 4. The molecule has 0 bridgehead atoms. The van der Waals surface area contributed by atoms with Crippen LogP contribution in [0.4, 0.5) is 0 Å². The lowest BCUT2D eigenvalue weighted by Gasteiger charge is -2.11. The standard InChI is InChI=1S/C24H26O4S/c1-4-23(24(25)26)29-15-18-6-5-7-21(12-18)27-14-20-13-22(28-17(20)3)19-10-8-16(2)9-11-19/h5-13,23H,4,14-15H2,1-3H3,(H,25,26). The van der Waals surface area contributed by atoms with Crippen molar-refractivity contribution >= 4 is 17.7 Å². The number of thioether (sulfide) groups is 1. The lowest BCUT2D eigenvalue weighted by Crippen LogP contribution is -2.15. The first-order valence-electron chi connectivity index (χ1n) is 9.68. The molecule has 1 aromatic heterocycles. The summed E-state index contributed by atoms with van der Waals surface area (Å²) in [4.78, 5) is 11.2. The fraction of sp³-hybridized carbons (Fsp3) is 0.292. The third-order valence-corrected chi connectivity index (χ3v) is 6.18. The van der Waals surface area contributed by atoms with Gasteiger partial charge in [0.25, 0.3) is 0 Å². The number of benzene rings is 2. The first-order chi connectivity index (χ1) is 14.0. The molecule has 0 radical (unpaired) electrons. The Hall–Kier alpha value is -2.66. The molecule has 0 saturated heterocycles. The second-order valence-corrected chi connectivity index (χ2v) is 8.23. The first-order valence-corrected chi connectivity index (χ1v) is 10.7. The molecule has 0 aliphatic heterocycles. The van der Waals surface area contributed by atoms with Crippen LogP contribution >= 0.6 is 11.8 Å². The Morgan fingerprint density at radius 1 is 1.14 bits per heavy atom. The summed E-state index contributed by atoms with van der Waals surface area (Å²) in [6, 6.07) is 18.1. The summed E-state index contributed by atoms with van der Waals surface area (Å²) in [6.45, 7) is 6.32. The molecule has 0 fully saturated rings. The van der Waals surface area contributed by atoms with Crippen LogP contribution < -0.4 is 4.74 Å². The molecule has 0 spiro atoms. The Kier molecular flexibility index (Phi) is 7.04. The van der Waals surface area contributed by atoms with Crippen molar-refractivity contribution in [3.8, 4) is 17.1 Å². The number of carbonyl (C=O) groups is 1. The summed E-state index contributed by atoms with van der Waals surface area (Å²) < 4.78 is 11.9. The van der Waals surface area contributed by atoms with E-state index in [2.05, 4.69) is 31.2 Å². The molecule has 0 aliphatic carbocycles. The van der Waals surface area contributed by atoms with Crippen molar-refractivity contribution < 1.29 is 19.1 Å². The molecular formula is C24H26O4S. The van der Waals surface area contributed by atoms with Crippen molar-refractivity contribution in [2.45, 2.75) is 44.8 Å². The molecule has 2 aromatic carbocycles. The van der Waals surface area contributed by atoms with Gasteiger partial charge in [-0.1, -0.05) is 48.9 Å². The van der Waals surface area contributed by atoms with Gasteiger partial charge in [0.2, 0.25) is 0 Å². The van der Waals surface area contributed by atoms with Gasteiger partial charge in [0, 0.05) is 16.9 Å². The number of furan rings is 1. The van der Waals surface area contributed by atoms with E-state index >= 15 is 0 Å². The average molecular weight is 411 g/mol. The van der Waals surface area contributed by atoms with Crippen molar-refractivity contribution in [3.63, 3.8) is 0 Å². The number of aryl methyl sites for hydroxylation is 2. The van der Waals surface area contributed by atoms with Crippen LogP contribution in [0.25, 0.3) is 11.3 Å². The van der Waals surface area contributed by atoms with Crippen LogP contribution in [0, 0.1) is 13.8 Å². The third kappa shape index (κ3) is 5.67. The number of carboxylic acids is 1. The number of carboxylic acid groups (broad SMARTS) is 1. The third-order valence-electron chi connectivity index (χ3n) is 4.75. The van der Waals surface area contributed by atoms with Crippen LogP contribution in [-0.2, 0) is 17.2 Å². The lowest BCUT2D eigenvalue weighted by atomic mass is 10.1. The molecule has 1 atom stereocenters. The zero-order valence-electron chi connectivity index (χ0n) is 17.0. The van der Waals surface area contributed by atoms with Gasteiger partial charge >= 0.3 is 5.97 Å². The van der Waals surface area contributed by atoms with E-state index < -0.39 is 5.97 Å². The summed E-state index contributed by atoms with van der Waals surface area (Å²) in [7, 11) is 0. The molecular weight excluding hydrogens is 384 g/mol. The summed E-state index contributed by atoms with van der Waals surface area (Å²) >= 11 is 1.44. The van der Waals surface area contributed by atoms with Gasteiger partial charge in [-0.25, -0.2) is 0 Å². The van der Waals surface area contributed by atoms with E-state index in [4.69, 9.17) is 9.15 Å². The lowest BCUT2D eigenvalue weighted by molar-refractivity contribution is -0.136. The van der Waals surface area contributed by atoms with Gasteiger partial charge in [0.1, 0.15) is 29.1 Å². The van der Waals surface area contributed by atoms with Gasteiger partial charge < -0.3 is 14.3 Å². The van der Waals surface area contributed by atoms with Crippen molar-refractivity contribution in [1.82, 2.24) is 0 Å². The molecule has 4 nitrogen and oxygen atoms in total. The Bertz CT molecular complexity index is 959. The molecule has 0 amide bonds. The minimum Gasteiger partial charge on any atom is -0.489 e. The summed E-state index contributed by atoms with van der Waals surface area (Å²) in [5.74, 6) is 2.34. The van der Waals surface area contributed by atoms with Crippen molar-refractivity contribution in [3.05, 3.63) is 77.0 Å². The largest absolute Gasteiger partial charge is 0.489 e. The van der Waals surface area contributed by atoms with E-state index in [1.807, 2.05) is 44.2 Å². The maximum atomic E-state index is 11.2. The number of hydrogen-bond donors (Lipinski definition) is 1. The van der Waals surface area contributed by atoms with Gasteiger partial charge in [-0.05, 0) is 44.0 Å². The molecule has 0 saturated carbocycles. The molecule has 29 heavy (non-hydrogen) atoms. The highest BCUT2D eigenvalue weighted by Crippen LogP contribution is 2.27. The van der Waals surface area contributed by atoms with Crippen LogP contribution in [0.15, 0.2) is 59.0 Å². The smallest absolute Gasteiger partial charge is 0.316 e. The first kappa shape index (κ1) is 21.1. The van der Waals surface area contributed by atoms with Crippen LogP contribution in [0.2, 0.25) is 0 Å². The van der Waals surface area contributed by atoms with E-state index in [0.29, 0.717) is 18.8 Å². The van der Waals surface area contributed by atoms with Gasteiger partial charge in [-0.3, -0.25) is 4.79 Å². The molecule has 3 aromatic rings. The van der Waals surface area contributed by atoms with Gasteiger partial charge in [-0.2, -0.15) is 0 Å². The number of ether oxygens (including phenoxy) is 1. The fourth-order valence-electron chi connectivity index (χ4n) is 2.97. The normalized spacial score (nSPS) is 12.0. The summed E-state index contributed by atoms with van der Waals surface area (Å²) in [6.07, 6.45) is 0.610. The van der Waals surface area contributed by atoms with E-state index in [1.165, 1.54) is 17.3 Å². The minimum absolute atomic E-state index is 0.381. The molecule has 1 N–H and O–H groups in total. The molecule has 3 rings (SSSR count). The van der Waals surface area contributed by atoms with Crippen LogP contribution in [0.3, 0.4) is 0 Å². The molecule has 0 aliphatic rings. The summed E-state index contributed by atoms with van der Waals surface area (Å²) in [5, 5.41) is 8.80. The Morgan fingerprint density at radius 3 is 2.59 bits per heavy atom. The minimum atomic E-state index is -0.760. The molecule has 1 heterocycles. The molecule has 152 valence electrons. The number of rotatable bonds is 9.